The van der Waals surface area contributed by atoms with E-state index >= 15 is 0 Å². The van der Waals surface area contributed by atoms with Crippen molar-refractivity contribution in [3.05, 3.63) is 35.6 Å². The summed E-state index contributed by atoms with van der Waals surface area (Å²) in [6.07, 6.45) is 5.48. The fourth-order valence-corrected chi connectivity index (χ4v) is 2.28. The number of hydrogen-bond acceptors (Lipinski definition) is 1. The van der Waals surface area contributed by atoms with Gasteiger partial charge in [-0.15, -0.1) is 0 Å². The Morgan fingerprint density at radius 3 is 2.80 bits per heavy atom. The van der Waals surface area contributed by atoms with E-state index < -0.39 is 0 Å². The molecule has 2 rings (SSSR count). The first kappa shape index (κ1) is 10.6. The molecule has 0 unspecified atom stereocenters. The molecule has 1 nitrogen and oxygen atoms in total. The molecule has 82 valence electrons. The van der Waals surface area contributed by atoms with Crippen LogP contribution in [0.25, 0.3) is 0 Å². The summed E-state index contributed by atoms with van der Waals surface area (Å²) in [5.74, 6) is 0.703. The van der Waals surface area contributed by atoms with Gasteiger partial charge in [-0.2, -0.15) is 0 Å². The molecule has 0 aliphatic heterocycles. The van der Waals surface area contributed by atoms with Gasteiger partial charge < -0.3 is 5.32 Å². The van der Waals surface area contributed by atoms with E-state index in [9.17, 15) is 4.39 Å². The van der Waals surface area contributed by atoms with Crippen molar-refractivity contribution in [1.82, 2.24) is 5.32 Å². The molecule has 0 saturated heterocycles. The highest BCUT2D eigenvalue weighted by atomic mass is 19.1. The topological polar surface area (TPSA) is 12.0 Å². The Morgan fingerprint density at radius 1 is 1.27 bits per heavy atom. The molecule has 1 fully saturated rings. The van der Waals surface area contributed by atoms with Crippen LogP contribution in [-0.4, -0.2) is 6.54 Å². The maximum Gasteiger partial charge on any atom is 0.123 e. The smallest absolute Gasteiger partial charge is 0.123 e. The molecule has 1 saturated carbocycles. The van der Waals surface area contributed by atoms with Crippen molar-refractivity contribution in [2.75, 3.05) is 6.54 Å². The monoisotopic (exact) mass is 207 g/mol. The lowest BCUT2D eigenvalue weighted by atomic mass is 10.1. The summed E-state index contributed by atoms with van der Waals surface area (Å²) in [6, 6.07) is 6.81. The van der Waals surface area contributed by atoms with Crippen molar-refractivity contribution in [2.24, 2.45) is 5.92 Å². The lowest BCUT2D eigenvalue weighted by Gasteiger charge is -2.10. The Bertz CT molecular complexity index is 305. The molecule has 0 heterocycles. The fourth-order valence-electron chi connectivity index (χ4n) is 2.28. The van der Waals surface area contributed by atoms with Crippen LogP contribution in [0, 0.1) is 11.7 Å². The summed E-state index contributed by atoms with van der Waals surface area (Å²) in [6.45, 7) is 1.87. The van der Waals surface area contributed by atoms with Crippen LogP contribution < -0.4 is 5.32 Å². The van der Waals surface area contributed by atoms with Gasteiger partial charge in [0.05, 0.1) is 0 Å². The SMILES string of the molecule is Fc1cccc(CNCC2CCCC2)c1. The third kappa shape index (κ3) is 3.31. The highest BCUT2D eigenvalue weighted by Gasteiger charge is 2.13. The van der Waals surface area contributed by atoms with Crippen molar-refractivity contribution >= 4 is 0 Å². The molecule has 0 radical (unpaired) electrons. The van der Waals surface area contributed by atoms with Gasteiger partial charge in [-0.25, -0.2) is 4.39 Å². The molecule has 0 amide bonds. The summed E-state index contributed by atoms with van der Waals surface area (Å²) in [4.78, 5) is 0. The number of halogens is 1. The van der Waals surface area contributed by atoms with Gasteiger partial charge in [0, 0.05) is 6.54 Å². The first-order chi connectivity index (χ1) is 7.34. The number of nitrogens with one attached hydrogen (secondary N) is 1. The Labute approximate surface area is 90.7 Å². The first-order valence-corrected chi connectivity index (χ1v) is 5.80. The van der Waals surface area contributed by atoms with E-state index in [0.29, 0.717) is 0 Å². The van der Waals surface area contributed by atoms with Crippen molar-refractivity contribution in [3.8, 4) is 0 Å². The minimum Gasteiger partial charge on any atom is -0.312 e. The second-order valence-corrected chi connectivity index (χ2v) is 4.41. The van der Waals surface area contributed by atoms with Gasteiger partial charge in [0.25, 0.3) is 0 Å². The molecule has 0 bridgehead atoms. The molecule has 0 aromatic heterocycles. The molecule has 1 aliphatic rings. The predicted molar refractivity (Wildman–Crippen MR) is 60.1 cm³/mol. The standard InChI is InChI=1S/C13H18FN/c14-13-7-3-6-12(8-13)10-15-9-11-4-1-2-5-11/h3,6-8,11,15H,1-2,4-5,9-10H2. The van der Waals surface area contributed by atoms with Gasteiger partial charge in [-0.1, -0.05) is 25.0 Å². The third-order valence-corrected chi connectivity index (χ3v) is 3.13. The van der Waals surface area contributed by atoms with E-state index in [1.54, 1.807) is 12.1 Å². The van der Waals surface area contributed by atoms with Crippen LogP contribution in [0.5, 0.6) is 0 Å². The van der Waals surface area contributed by atoms with E-state index in [-0.39, 0.29) is 5.82 Å². The quantitative estimate of drug-likeness (QED) is 0.800. The summed E-state index contributed by atoms with van der Waals surface area (Å²) < 4.78 is 12.9. The Morgan fingerprint density at radius 2 is 2.07 bits per heavy atom. The van der Waals surface area contributed by atoms with Crippen LogP contribution in [-0.2, 0) is 6.54 Å². The van der Waals surface area contributed by atoms with Crippen molar-refractivity contribution in [3.63, 3.8) is 0 Å². The second kappa shape index (κ2) is 5.26. The minimum atomic E-state index is -0.143. The zero-order valence-corrected chi connectivity index (χ0v) is 9.01. The van der Waals surface area contributed by atoms with E-state index in [0.717, 1.165) is 24.6 Å². The van der Waals surface area contributed by atoms with E-state index in [1.807, 2.05) is 6.07 Å². The lowest BCUT2D eigenvalue weighted by Crippen LogP contribution is -2.20. The Kier molecular flexibility index (Phi) is 3.73. The van der Waals surface area contributed by atoms with Gasteiger partial charge in [0.1, 0.15) is 5.82 Å². The maximum absolute atomic E-state index is 12.9. The molecule has 0 spiro atoms. The minimum absolute atomic E-state index is 0.143. The van der Waals surface area contributed by atoms with Gasteiger partial charge in [-0.3, -0.25) is 0 Å². The van der Waals surface area contributed by atoms with E-state index in [1.165, 1.54) is 31.7 Å². The molecule has 15 heavy (non-hydrogen) atoms. The number of benzene rings is 1. The van der Waals surface area contributed by atoms with Crippen LogP contribution >= 0.6 is 0 Å². The zero-order chi connectivity index (χ0) is 10.5. The average molecular weight is 207 g/mol. The molecular weight excluding hydrogens is 189 g/mol. The Hall–Kier alpha value is -0.890. The van der Waals surface area contributed by atoms with Gasteiger partial charge in [0.15, 0.2) is 0 Å². The van der Waals surface area contributed by atoms with Crippen LogP contribution in [0.2, 0.25) is 0 Å². The van der Waals surface area contributed by atoms with Crippen molar-refractivity contribution < 1.29 is 4.39 Å². The molecule has 1 aromatic carbocycles. The molecule has 2 heteroatoms. The highest BCUT2D eigenvalue weighted by molar-refractivity contribution is 5.15. The van der Waals surface area contributed by atoms with Crippen LogP contribution in [0.4, 0.5) is 4.39 Å². The molecule has 1 aliphatic carbocycles. The fraction of sp³-hybridized carbons (Fsp3) is 0.538. The molecule has 1 aromatic rings. The summed E-state index contributed by atoms with van der Waals surface area (Å²) in [5.41, 5.74) is 1.04. The Balaban J connectivity index is 1.73. The third-order valence-electron chi connectivity index (χ3n) is 3.13. The zero-order valence-electron chi connectivity index (χ0n) is 9.01. The average Bonchev–Trinajstić information content (AvgIpc) is 2.71. The first-order valence-electron chi connectivity index (χ1n) is 5.80. The van der Waals surface area contributed by atoms with E-state index in [4.69, 9.17) is 0 Å². The lowest BCUT2D eigenvalue weighted by molar-refractivity contribution is 0.488. The summed E-state index contributed by atoms with van der Waals surface area (Å²) in [7, 11) is 0. The van der Waals surface area contributed by atoms with Crippen LogP contribution in [0.15, 0.2) is 24.3 Å². The normalized spacial score (nSPS) is 17.1. The van der Waals surface area contributed by atoms with Gasteiger partial charge in [-0.05, 0) is 43.0 Å². The van der Waals surface area contributed by atoms with Crippen molar-refractivity contribution in [1.29, 1.82) is 0 Å². The largest absolute Gasteiger partial charge is 0.312 e. The molecular formula is C13H18FN. The van der Waals surface area contributed by atoms with Crippen molar-refractivity contribution in [2.45, 2.75) is 32.2 Å². The highest BCUT2D eigenvalue weighted by Crippen LogP contribution is 2.23. The van der Waals surface area contributed by atoms with E-state index in [2.05, 4.69) is 5.32 Å². The summed E-state index contributed by atoms with van der Waals surface area (Å²) in [5, 5.41) is 3.40. The predicted octanol–water partition coefficient (Wildman–Crippen LogP) is 3.11. The molecule has 1 N–H and O–H groups in total. The van der Waals surface area contributed by atoms with Gasteiger partial charge in [0.2, 0.25) is 0 Å². The number of hydrogen-bond donors (Lipinski definition) is 1. The maximum atomic E-state index is 12.9. The van der Waals surface area contributed by atoms with Crippen LogP contribution in [0.1, 0.15) is 31.2 Å². The van der Waals surface area contributed by atoms with Crippen LogP contribution in [0.3, 0.4) is 0 Å². The number of rotatable bonds is 4. The van der Waals surface area contributed by atoms with Gasteiger partial charge >= 0.3 is 0 Å². The summed E-state index contributed by atoms with van der Waals surface area (Å²) >= 11 is 0. The second-order valence-electron chi connectivity index (χ2n) is 4.41. The molecule has 0 atom stereocenters.